The normalized spacial score (nSPS) is 15.8. The fourth-order valence-corrected chi connectivity index (χ4v) is 2.94. The molecule has 132 valence electrons. The molecule has 6 heteroatoms. The van der Waals surface area contributed by atoms with Gasteiger partial charge in [0.05, 0.1) is 34.9 Å². The van der Waals surface area contributed by atoms with Crippen molar-refractivity contribution in [3.05, 3.63) is 41.5 Å². The third-order valence-corrected chi connectivity index (χ3v) is 4.20. The molecule has 1 atom stereocenters. The lowest BCUT2D eigenvalue weighted by atomic mass is 9.94. The predicted octanol–water partition coefficient (Wildman–Crippen LogP) is 3.43. The van der Waals surface area contributed by atoms with Crippen molar-refractivity contribution < 1.29 is 28.5 Å². The van der Waals surface area contributed by atoms with Gasteiger partial charge in [0.25, 0.3) is 0 Å². The van der Waals surface area contributed by atoms with E-state index in [2.05, 4.69) is 0 Å². The van der Waals surface area contributed by atoms with E-state index in [-0.39, 0.29) is 12.2 Å². The molecule has 0 saturated heterocycles. The molecule has 0 saturated carbocycles. The van der Waals surface area contributed by atoms with Gasteiger partial charge in [0.2, 0.25) is 0 Å². The highest BCUT2D eigenvalue weighted by Gasteiger charge is 2.33. The lowest BCUT2D eigenvalue weighted by molar-refractivity contribution is 0.0840. The number of Topliss-reactive ketones (excluding diaryl/α,β-unsaturated/α-hetero) is 1. The molecule has 6 nitrogen and oxygen atoms in total. The third kappa shape index (κ3) is 3.07. The monoisotopic (exact) mass is 344 g/mol. The Hall–Kier alpha value is -2.89. The topological polar surface area (TPSA) is 63.2 Å². The second-order valence-corrected chi connectivity index (χ2v) is 5.54. The minimum absolute atomic E-state index is 0.0596. The summed E-state index contributed by atoms with van der Waals surface area (Å²) in [5.41, 5.74) is 1.18. The van der Waals surface area contributed by atoms with Crippen LogP contribution in [-0.2, 0) is 0 Å². The first-order valence-electron chi connectivity index (χ1n) is 7.79. The summed E-state index contributed by atoms with van der Waals surface area (Å²) in [6, 6.07) is 8.77. The number of carbonyl (C=O) groups excluding carboxylic acids is 1. The first-order valence-corrected chi connectivity index (χ1v) is 7.79. The van der Waals surface area contributed by atoms with Crippen molar-refractivity contribution in [1.82, 2.24) is 0 Å². The number of fused-ring (bicyclic) bond motifs is 1. The number of hydrogen-bond acceptors (Lipinski definition) is 6. The van der Waals surface area contributed by atoms with Crippen molar-refractivity contribution in [2.24, 2.45) is 0 Å². The van der Waals surface area contributed by atoms with Crippen molar-refractivity contribution >= 4 is 5.78 Å². The first kappa shape index (κ1) is 17.0. The van der Waals surface area contributed by atoms with Crippen LogP contribution in [0.4, 0.5) is 0 Å². The van der Waals surface area contributed by atoms with Crippen molar-refractivity contribution in [3.8, 4) is 28.7 Å². The van der Waals surface area contributed by atoms with Crippen molar-refractivity contribution in [2.45, 2.75) is 12.5 Å². The summed E-state index contributed by atoms with van der Waals surface area (Å²) in [5.74, 6) is 2.67. The molecule has 1 aliphatic rings. The van der Waals surface area contributed by atoms with Gasteiger partial charge in [-0.3, -0.25) is 4.79 Å². The van der Waals surface area contributed by atoms with Crippen LogP contribution in [0.5, 0.6) is 28.7 Å². The zero-order valence-electron chi connectivity index (χ0n) is 14.6. The highest BCUT2D eigenvalue weighted by Crippen LogP contribution is 2.44. The largest absolute Gasteiger partial charge is 0.497 e. The molecule has 1 heterocycles. The molecule has 0 amide bonds. The maximum absolute atomic E-state index is 12.7. The van der Waals surface area contributed by atoms with Crippen LogP contribution < -0.4 is 23.7 Å². The van der Waals surface area contributed by atoms with E-state index < -0.39 is 6.10 Å². The summed E-state index contributed by atoms with van der Waals surface area (Å²) in [5, 5.41) is 0. The molecule has 0 N–H and O–H groups in total. The average Bonchev–Trinajstić information content (AvgIpc) is 2.66. The zero-order chi connectivity index (χ0) is 18.0. The Kier molecular flexibility index (Phi) is 4.70. The number of hydrogen-bond donors (Lipinski definition) is 0. The molecular weight excluding hydrogens is 324 g/mol. The molecule has 0 bridgehead atoms. The number of rotatable bonds is 5. The van der Waals surface area contributed by atoms with Crippen LogP contribution in [-0.4, -0.2) is 34.2 Å². The van der Waals surface area contributed by atoms with Gasteiger partial charge in [-0.1, -0.05) is 0 Å². The lowest BCUT2D eigenvalue weighted by Crippen LogP contribution is -2.21. The van der Waals surface area contributed by atoms with Gasteiger partial charge in [0, 0.05) is 17.7 Å². The highest BCUT2D eigenvalue weighted by molar-refractivity contribution is 6.03. The minimum atomic E-state index is -0.484. The van der Waals surface area contributed by atoms with E-state index in [4.69, 9.17) is 23.7 Å². The zero-order valence-corrected chi connectivity index (χ0v) is 14.6. The van der Waals surface area contributed by atoms with Crippen molar-refractivity contribution in [3.63, 3.8) is 0 Å². The van der Waals surface area contributed by atoms with Gasteiger partial charge in [0.15, 0.2) is 5.78 Å². The maximum atomic E-state index is 12.7. The quantitative estimate of drug-likeness (QED) is 0.828. The summed E-state index contributed by atoms with van der Waals surface area (Å²) in [4.78, 5) is 12.7. The fourth-order valence-electron chi connectivity index (χ4n) is 2.94. The number of ether oxygens (including phenoxy) is 5. The van der Waals surface area contributed by atoms with Crippen LogP contribution in [0, 0.1) is 0 Å². The van der Waals surface area contributed by atoms with Gasteiger partial charge in [-0.15, -0.1) is 0 Å². The van der Waals surface area contributed by atoms with Gasteiger partial charge in [0.1, 0.15) is 40.4 Å². The minimum Gasteiger partial charge on any atom is -0.497 e. The molecule has 3 rings (SSSR count). The molecule has 2 aromatic rings. The SMILES string of the molecule is COc1cc(OC)c2c(c1)OC(c1cc(OC)ccc1OC)CC2=O. The van der Waals surface area contributed by atoms with Crippen LogP contribution in [0.25, 0.3) is 0 Å². The smallest absolute Gasteiger partial charge is 0.174 e. The van der Waals surface area contributed by atoms with E-state index in [1.807, 2.05) is 6.07 Å². The number of methoxy groups -OCH3 is 4. The molecule has 1 aliphatic heterocycles. The predicted molar refractivity (Wildman–Crippen MR) is 91.4 cm³/mol. The maximum Gasteiger partial charge on any atom is 0.174 e. The molecule has 25 heavy (non-hydrogen) atoms. The van der Waals surface area contributed by atoms with Gasteiger partial charge in [-0.2, -0.15) is 0 Å². The highest BCUT2D eigenvalue weighted by atomic mass is 16.5. The number of benzene rings is 2. The third-order valence-electron chi connectivity index (χ3n) is 4.20. The second-order valence-electron chi connectivity index (χ2n) is 5.54. The summed E-state index contributed by atoms with van der Waals surface area (Å²) in [7, 11) is 6.23. The van der Waals surface area contributed by atoms with Gasteiger partial charge >= 0.3 is 0 Å². The summed E-state index contributed by atoms with van der Waals surface area (Å²) in [6.45, 7) is 0. The molecular formula is C19H20O6. The Balaban J connectivity index is 2.06. The lowest BCUT2D eigenvalue weighted by Gasteiger charge is -2.28. The number of carbonyl (C=O) groups is 1. The first-order chi connectivity index (χ1) is 12.1. The van der Waals surface area contributed by atoms with Crippen LogP contribution in [0.2, 0.25) is 0 Å². The Morgan fingerprint density at radius 3 is 2.24 bits per heavy atom. The molecule has 0 aliphatic carbocycles. The van der Waals surface area contributed by atoms with Gasteiger partial charge in [-0.25, -0.2) is 0 Å². The molecule has 1 unspecified atom stereocenters. The summed E-state index contributed by atoms with van der Waals surface area (Å²) >= 11 is 0. The fraction of sp³-hybridized carbons (Fsp3) is 0.316. The van der Waals surface area contributed by atoms with E-state index in [9.17, 15) is 4.79 Å². The molecule has 0 aromatic heterocycles. The van der Waals surface area contributed by atoms with Gasteiger partial charge in [-0.05, 0) is 18.2 Å². The molecule has 0 spiro atoms. The van der Waals surface area contributed by atoms with Crippen LogP contribution >= 0.6 is 0 Å². The summed E-state index contributed by atoms with van der Waals surface area (Å²) < 4.78 is 27.4. The molecule has 0 radical (unpaired) electrons. The summed E-state index contributed by atoms with van der Waals surface area (Å²) in [6.07, 6.45) is -0.305. The Labute approximate surface area is 146 Å². The van der Waals surface area contributed by atoms with E-state index in [0.717, 1.165) is 5.56 Å². The second kappa shape index (κ2) is 6.93. The van der Waals surface area contributed by atoms with Crippen molar-refractivity contribution in [1.29, 1.82) is 0 Å². The van der Waals surface area contributed by atoms with E-state index in [1.54, 1.807) is 45.6 Å². The Morgan fingerprint density at radius 2 is 1.60 bits per heavy atom. The molecule has 2 aromatic carbocycles. The number of ketones is 1. The van der Waals surface area contributed by atoms with Crippen LogP contribution in [0.3, 0.4) is 0 Å². The van der Waals surface area contributed by atoms with E-state index in [0.29, 0.717) is 34.3 Å². The Bertz CT molecular complexity index is 799. The Morgan fingerprint density at radius 1 is 0.880 bits per heavy atom. The van der Waals surface area contributed by atoms with Gasteiger partial charge < -0.3 is 23.7 Å². The van der Waals surface area contributed by atoms with E-state index in [1.165, 1.54) is 7.11 Å². The molecule has 0 fully saturated rings. The van der Waals surface area contributed by atoms with Crippen LogP contribution in [0.15, 0.2) is 30.3 Å². The van der Waals surface area contributed by atoms with Crippen molar-refractivity contribution in [2.75, 3.05) is 28.4 Å². The van der Waals surface area contributed by atoms with E-state index >= 15 is 0 Å². The standard InChI is InChI=1S/C19H20O6/c1-21-11-5-6-15(23-3)13(7-11)16-10-14(20)19-17(24-4)8-12(22-2)9-18(19)25-16/h5-9,16H,10H2,1-4H3. The van der Waals surface area contributed by atoms with Crippen LogP contribution in [0.1, 0.15) is 28.4 Å². The average molecular weight is 344 g/mol.